The number of anilines is 1. The second-order valence-corrected chi connectivity index (χ2v) is 7.64. The molecule has 5 heteroatoms. The zero-order valence-electron chi connectivity index (χ0n) is 16.9. The molecule has 29 heavy (non-hydrogen) atoms. The third-order valence-corrected chi connectivity index (χ3v) is 5.89. The van der Waals surface area contributed by atoms with Crippen LogP contribution in [-0.2, 0) is 12.8 Å². The fourth-order valence-electron chi connectivity index (χ4n) is 3.99. The van der Waals surface area contributed by atoms with Crippen LogP contribution in [-0.4, -0.2) is 24.0 Å². The Hall–Kier alpha value is -2.59. The molecule has 4 rings (SSSR count). The van der Waals surface area contributed by atoms with Crippen LogP contribution in [0.2, 0.25) is 5.02 Å². The van der Waals surface area contributed by atoms with Crippen molar-refractivity contribution in [1.82, 2.24) is 4.98 Å². The minimum atomic E-state index is -0.0470. The van der Waals surface area contributed by atoms with Crippen LogP contribution in [0.3, 0.4) is 0 Å². The van der Waals surface area contributed by atoms with Gasteiger partial charge in [0.15, 0.2) is 0 Å². The first-order chi connectivity index (χ1) is 14.1. The van der Waals surface area contributed by atoms with Gasteiger partial charge in [-0.3, -0.25) is 9.78 Å². The smallest absolute Gasteiger partial charge is 0.258 e. The van der Waals surface area contributed by atoms with Crippen molar-refractivity contribution in [2.45, 2.75) is 39.5 Å². The Morgan fingerprint density at radius 1 is 1.10 bits per heavy atom. The molecule has 1 amide bonds. The van der Waals surface area contributed by atoms with E-state index in [2.05, 4.69) is 0 Å². The predicted molar refractivity (Wildman–Crippen MR) is 118 cm³/mol. The number of aromatic nitrogens is 1. The van der Waals surface area contributed by atoms with E-state index in [0.29, 0.717) is 18.7 Å². The van der Waals surface area contributed by atoms with Crippen molar-refractivity contribution < 1.29 is 9.53 Å². The highest BCUT2D eigenvalue weighted by atomic mass is 35.5. The number of carbonyl (C=O) groups is 1. The van der Waals surface area contributed by atoms with E-state index in [-0.39, 0.29) is 5.91 Å². The summed E-state index contributed by atoms with van der Waals surface area (Å²) in [6, 6.07) is 13.3. The third-order valence-electron chi connectivity index (χ3n) is 5.46. The highest BCUT2D eigenvalue weighted by molar-refractivity contribution is 6.36. The van der Waals surface area contributed by atoms with Gasteiger partial charge in [-0.25, -0.2) is 0 Å². The Labute approximate surface area is 176 Å². The Balaban J connectivity index is 1.68. The molecule has 1 aromatic heterocycles. The number of hydrogen-bond acceptors (Lipinski definition) is 3. The fourth-order valence-corrected chi connectivity index (χ4v) is 4.35. The summed E-state index contributed by atoms with van der Waals surface area (Å²) in [6.07, 6.45) is 4.24. The molecule has 150 valence electrons. The van der Waals surface area contributed by atoms with Gasteiger partial charge in [0.1, 0.15) is 5.75 Å². The summed E-state index contributed by atoms with van der Waals surface area (Å²) in [5.74, 6) is 0.753. The van der Waals surface area contributed by atoms with Crippen LogP contribution in [0.1, 0.15) is 48.3 Å². The van der Waals surface area contributed by atoms with Crippen LogP contribution in [0.5, 0.6) is 5.75 Å². The van der Waals surface area contributed by atoms with Crippen molar-refractivity contribution in [3.05, 3.63) is 64.3 Å². The van der Waals surface area contributed by atoms with E-state index in [0.717, 1.165) is 58.7 Å². The molecule has 4 nitrogen and oxygen atoms in total. The first-order valence-electron chi connectivity index (χ1n) is 10.3. The van der Waals surface area contributed by atoms with Gasteiger partial charge < -0.3 is 9.64 Å². The number of fused-ring (bicyclic) bond motifs is 2. The molecule has 2 aromatic carbocycles. The molecule has 3 aromatic rings. The highest BCUT2D eigenvalue weighted by Crippen LogP contribution is 2.33. The zero-order valence-corrected chi connectivity index (χ0v) is 17.6. The van der Waals surface area contributed by atoms with Crippen molar-refractivity contribution in [3.8, 4) is 5.75 Å². The average molecular weight is 409 g/mol. The van der Waals surface area contributed by atoms with Crippen molar-refractivity contribution >= 4 is 34.1 Å². The summed E-state index contributed by atoms with van der Waals surface area (Å²) >= 11 is 6.67. The van der Waals surface area contributed by atoms with Crippen molar-refractivity contribution in [2.24, 2.45) is 0 Å². The molecule has 1 aliphatic rings. The lowest BCUT2D eigenvalue weighted by Gasteiger charge is -2.22. The number of rotatable bonds is 5. The van der Waals surface area contributed by atoms with E-state index >= 15 is 0 Å². The van der Waals surface area contributed by atoms with E-state index < -0.39 is 0 Å². The second kappa shape index (κ2) is 8.42. The monoisotopic (exact) mass is 408 g/mol. The van der Waals surface area contributed by atoms with Gasteiger partial charge in [0.2, 0.25) is 0 Å². The molecule has 0 fully saturated rings. The number of ether oxygens (including phenoxy) is 1. The molecule has 1 heterocycles. The van der Waals surface area contributed by atoms with Crippen molar-refractivity contribution in [2.75, 3.05) is 18.1 Å². The molecule has 0 radical (unpaired) electrons. The number of halogens is 1. The maximum absolute atomic E-state index is 13.2. The van der Waals surface area contributed by atoms with Crippen LogP contribution in [0.25, 0.3) is 10.9 Å². The number of nitrogens with zero attached hydrogens (tertiary/aromatic N) is 2. The molecule has 0 saturated heterocycles. The lowest BCUT2D eigenvalue weighted by molar-refractivity contribution is 0.0988. The topological polar surface area (TPSA) is 42.4 Å². The molecule has 0 atom stereocenters. The van der Waals surface area contributed by atoms with E-state index in [4.69, 9.17) is 21.3 Å². The summed E-state index contributed by atoms with van der Waals surface area (Å²) in [4.78, 5) is 19.8. The normalized spacial score (nSPS) is 13.2. The van der Waals surface area contributed by atoms with E-state index in [1.165, 1.54) is 5.56 Å². The lowest BCUT2D eigenvalue weighted by Crippen LogP contribution is -2.30. The Morgan fingerprint density at radius 3 is 2.59 bits per heavy atom. The van der Waals surface area contributed by atoms with Gasteiger partial charge in [0.25, 0.3) is 5.91 Å². The van der Waals surface area contributed by atoms with E-state index in [1.807, 2.05) is 56.3 Å². The largest absolute Gasteiger partial charge is 0.494 e. The fraction of sp³-hybridized carbons (Fsp3) is 0.333. The quantitative estimate of drug-likeness (QED) is 0.533. The van der Waals surface area contributed by atoms with Gasteiger partial charge >= 0.3 is 0 Å². The SMILES string of the molecule is CCOc1ccc(N(CC)C(=O)c2ccc3c(Cl)c4c(nc3c2)CCCC4)cc1. The molecule has 0 N–H and O–H groups in total. The van der Waals surface area contributed by atoms with Crippen LogP contribution < -0.4 is 9.64 Å². The van der Waals surface area contributed by atoms with Crippen LogP contribution in [0.4, 0.5) is 5.69 Å². The number of amides is 1. The van der Waals surface area contributed by atoms with E-state index in [1.54, 1.807) is 4.90 Å². The summed E-state index contributed by atoms with van der Waals surface area (Å²) in [5.41, 5.74) is 4.51. The number of pyridine rings is 1. The Bertz CT molecular complexity index is 1050. The standard InChI is InChI=1S/C24H25ClN2O2/c1-3-27(17-10-12-18(13-11-17)29-4-2)24(28)16-9-14-20-22(15-16)26-21-8-6-5-7-19(21)23(20)25/h9-15H,3-8H2,1-2H3. The van der Waals surface area contributed by atoms with Gasteiger partial charge in [-0.05, 0) is 81.5 Å². The number of benzene rings is 2. The maximum Gasteiger partial charge on any atom is 0.258 e. The summed E-state index contributed by atoms with van der Waals surface area (Å²) in [5, 5.41) is 1.72. The van der Waals surface area contributed by atoms with Gasteiger partial charge in [0, 0.05) is 28.9 Å². The predicted octanol–water partition coefficient (Wildman–Crippen LogP) is 5.83. The van der Waals surface area contributed by atoms with Crippen molar-refractivity contribution in [3.63, 3.8) is 0 Å². The molecular formula is C24H25ClN2O2. The molecule has 1 aliphatic carbocycles. The minimum Gasteiger partial charge on any atom is -0.494 e. The van der Waals surface area contributed by atoms with Crippen molar-refractivity contribution in [1.29, 1.82) is 0 Å². The van der Waals surface area contributed by atoms with Gasteiger partial charge in [0.05, 0.1) is 17.1 Å². The number of aryl methyl sites for hydroxylation is 1. The number of hydrogen-bond donors (Lipinski definition) is 0. The first kappa shape index (κ1) is 19.7. The summed E-state index contributed by atoms with van der Waals surface area (Å²) in [6.45, 7) is 5.11. The first-order valence-corrected chi connectivity index (χ1v) is 10.7. The minimum absolute atomic E-state index is 0.0470. The molecule has 0 unspecified atom stereocenters. The Kier molecular flexibility index (Phi) is 5.72. The molecule has 0 aliphatic heterocycles. The van der Waals surface area contributed by atoms with E-state index in [9.17, 15) is 4.79 Å². The Morgan fingerprint density at radius 2 is 1.86 bits per heavy atom. The second-order valence-electron chi connectivity index (χ2n) is 7.27. The molecule has 0 saturated carbocycles. The zero-order chi connectivity index (χ0) is 20.4. The molecular weight excluding hydrogens is 384 g/mol. The lowest BCUT2D eigenvalue weighted by atomic mass is 9.94. The summed E-state index contributed by atoms with van der Waals surface area (Å²) < 4.78 is 5.50. The maximum atomic E-state index is 13.2. The van der Waals surface area contributed by atoms with Crippen LogP contribution >= 0.6 is 11.6 Å². The average Bonchev–Trinajstić information content (AvgIpc) is 2.75. The summed E-state index contributed by atoms with van der Waals surface area (Å²) in [7, 11) is 0. The highest BCUT2D eigenvalue weighted by Gasteiger charge is 2.20. The number of carbonyl (C=O) groups excluding carboxylic acids is 1. The van der Waals surface area contributed by atoms with Gasteiger partial charge in [-0.2, -0.15) is 0 Å². The van der Waals surface area contributed by atoms with Crippen LogP contribution in [0, 0.1) is 0 Å². The third kappa shape index (κ3) is 3.82. The van der Waals surface area contributed by atoms with Gasteiger partial charge in [-0.1, -0.05) is 17.7 Å². The molecule has 0 spiro atoms. The van der Waals surface area contributed by atoms with Crippen LogP contribution in [0.15, 0.2) is 42.5 Å². The molecule has 0 bridgehead atoms. The van der Waals surface area contributed by atoms with Gasteiger partial charge in [-0.15, -0.1) is 0 Å².